The average Bonchev–Trinajstić information content (AvgIpc) is 2.78. The number of ketones is 2. The smallest absolute Gasteiger partial charge is 0.176 e. The second-order valence-corrected chi connectivity index (χ2v) is 10.6. The lowest BCUT2D eigenvalue weighted by atomic mass is 9.93. The Labute approximate surface area is 210 Å². The molecule has 1 rings (SSSR count). The van der Waals surface area contributed by atoms with Gasteiger partial charge in [0, 0.05) is 11.1 Å². The summed E-state index contributed by atoms with van der Waals surface area (Å²) in [7, 11) is 1.42. The van der Waals surface area contributed by atoms with Gasteiger partial charge in [-0.2, -0.15) is 25.3 Å². The molecule has 3 unspecified atom stereocenters. The van der Waals surface area contributed by atoms with Crippen LogP contribution in [0.25, 0.3) is 0 Å². The number of hydrogen-bond acceptors (Lipinski definition) is 5. The van der Waals surface area contributed by atoms with Gasteiger partial charge in [0.15, 0.2) is 11.6 Å². The fraction of sp³-hybridized carbons (Fsp3) is 0.692. The van der Waals surface area contributed by atoms with E-state index in [0.29, 0.717) is 11.1 Å². The Hall–Kier alpha value is -0.350. The third kappa shape index (κ3) is 13.4. The molecule has 1 aromatic rings. The van der Waals surface area contributed by atoms with Crippen molar-refractivity contribution in [2.24, 2.45) is 11.8 Å². The predicted octanol–water partition coefficient (Wildman–Crippen LogP) is 7.63. The zero-order valence-corrected chi connectivity index (χ0v) is 23.4. The number of carbonyl (C=O) groups excluding carboxylic acids is 2. The standard InChI is InChI=1S/C26H42O2S2.H3OP/c1-19(2)13-7-5-9-17-23(29)25(27)21-15-11-12-16-22(21)26(28)24(30)18-10-6-8-14-20(3)4;1-2/h11-12,15-16,19-20,23-24,29-30H,5-10,13-14,17-18H2,1-4H3;1H,2H2. The number of unbranched alkanes of at least 4 members (excludes halogenated alkanes) is 4. The summed E-state index contributed by atoms with van der Waals surface area (Å²) >= 11 is 9.13. The van der Waals surface area contributed by atoms with Crippen LogP contribution in [0.15, 0.2) is 24.3 Å². The van der Waals surface area contributed by atoms with E-state index in [9.17, 15) is 9.59 Å². The van der Waals surface area contributed by atoms with Crippen LogP contribution in [-0.2, 0) is 0 Å². The molecule has 0 amide bonds. The summed E-state index contributed by atoms with van der Waals surface area (Å²) in [5.41, 5.74) is 1.01. The Morgan fingerprint density at radius 3 is 1.31 bits per heavy atom. The van der Waals surface area contributed by atoms with Crippen LogP contribution in [0.4, 0.5) is 0 Å². The molecule has 0 aliphatic heterocycles. The first-order valence-corrected chi connectivity index (χ1v) is 13.6. The molecule has 0 fully saturated rings. The van der Waals surface area contributed by atoms with Crippen molar-refractivity contribution >= 4 is 46.3 Å². The molecule has 184 valence electrons. The minimum Gasteiger partial charge on any atom is -0.380 e. The molecule has 0 saturated heterocycles. The molecule has 0 aliphatic rings. The number of hydrogen-bond donors (Lipinski definition) is 3. The van der Waals surface area contributed by atoms with Crippen LogP contribution in [0, 0.1) is 11.8 Å². The van der Waals surface area contributed by atoms with Crippen molar-refractivity contribution < 1.29 is 14.5 Å². The molecule has 0 saturated carbocycles. The molecule has 3 nitrogen and oxygen atoms in total. The van der Waals surface area contributed by atoms with Crippen molar-refractivity contribution in [3.63, 3.8) is 0 Å². The Balaban J connectivity index is 0.00000466. The van der Waals surface area contributed by atoms with Gasteiger partial charge >= 0.3 is 0 Å². The maximum absolute atomic E-state index is 13.0. The van der Waals surface area contributed by atoms with E-state index >= 15 is 0 Å². The van der Waals surface area contributed by atoms with Gasteiger partial charge in [-0.1, -0.05) is 103 Å². The highest BCUT2D eigenvalue weighted by atomic mass is 32.1. The maximum atomic E-state index is 13.0. The molecule has 1 aromatic carbocycles. The number of carbonyl (C=O) groups is 2. The molecular weight excluding hydrogens is 455 g/mol. The van der Waals surface area contributed by atoms with Gasteiger partial charge < -0.3 is 4.89 Å². The second kappa shape index (κ2) is 19.0. The van der Waals surface area contributed by atoms with Crippen molar-refractivity contribution in [2.75, 3.05) is 0 Å². The topological polar surface area (TPSA) is 54.4 Å². The number of rotatable bonds is 16. The van der Waals surface area contributed by atoms with Crippen molar-refractivity contribution in [2.45, 2.75) is 102 Å². The highest BCUT2D eigenvalue weighted by Crippen LogP contribution is 2.23. The summed E-state index contributed by atoms with van der Waals surface area (Å²) in [4.78, 5) is 32.9. The number of benzene rings is 1. The van der Waals surface area contributed by atoms with Crippen LogP contribution in [0.3, 0.4) is 0 Å². The summed E-state index contributed by atoms with van der Waals surface area (Å²) in [6.07, 6.45) is 10.6. The lowest BCUT2D eigenvalue weighted by molar-refractivity contribution is 0.0953. The van der Waals surface area contributed by atoms with Gasteiger partial charge in [0.2, 0.25) is 0 Å². The van der Waals surface area contributed by atoms with Gasteiger partial charge in [0.05, 0.1) is 10.5 Å². The molecule has 0 aliphatic carbocycles. The second-order valence-electron chi connectivity index (χ2n) is 9.37. The van der Waals surface area contributed by atoms with E-state index in [1.807, 2.05) is 12.1 Å². The van der Waals surface area contributed by atoms with E-state index in [2.05, 4.69) is 53.0 Å². The van der Waals surface area contributed by atoms with E-state index in [0.717, 1.165) is 50.4 Å². The predicted molar refractivity (Wildman–Crippen MR) is 148 cm³/mol. The van der Waals surface area contributed by atoms with Gasteiger partial charge in [-0.15, -0.1) is 0 Å². The fourth-order valence-electron chi connectivity index (χ4n) is 3.67. The Kier molecular flexibility index (Phi) is 18.8. The third-order valence-corrected chi connectivity index (χ3v) is 6.57. The van der Waals surface area contributed by atoms with Crippen LogP contribution in [-0.4, -0.2) is 27.0 Å². The molecule has 6 heteroatoms. The van der Waals surface area contributed by atoms with Gasteiger partial charge in [0.1, 0.15) is 0 Å². The monoisotopic (exact) mass is 500 g/mol. The van der Waals surface area contributed by atoms with E-state index < -0.39 is 0 Å². The van der Waals surface area contributed by atoms with Crippen molar-refractivity contribution in [3.8, 4) is 0 Å². The summed E-state index contributed by atoms with van der Waals surface area (Å²) in [6.45, 7) is 8.94. The van der Waals surface area contributed by atoms with E-state index in [1.165, 1.54) is 35.2 Å². The van der Waals surface area contributed by atoms with Crippen molar-refractivity contribution in [3.05, 3.63) is 35.4 Å². The van der Waals surface area contributed by atoms with Crippen LogP contribution >= 0.6 is 34.7 Å². The van der Waals surface area contributed by atoms with Crippen LogP contribution in [0.2, 0.25) is 0 Å². The maximum Gasteiger partial charge on any atom is 0.176 e. The fourth-order valence-corrected chi connectivity index (χ4v) is 4.31. The molecule has 3 atom stereocenters. The highest BCUT2D eigenvalue weighted by molar-refractivity contribution is 7.82. The SMILES string of the molecule is CC(C)CCCCCC(S)C(=O)c1ccccc1C(=O)C(S)CCCCCC(C)C.OP. The molecule has 0 spiro atoms. The molecule has 0 radical (unpaired) electrons. The summed E-state index contributed by atoms with van der Waals surface area (Å²) in [6, 6.07) is 7.18. The quantitative estimate of drug-likeness (QED) is 0.0946. The molecule has 0 aromatic heterocycles. The molecular formula is C26H45O3PS2. The summed E-state index contributed by atoms with van der Waals surface area (Å²) < 4.78 is 0. The normalized spacial score (nSPS) is 12.9. The van der Waals surface area contributed by atoms with Crippen LogP contribution in [0.1, 0.15) is 113 Å². The lowest BCUT2D eigenvalue weighted by Crippen LogP contribution is -2.22. The first-order chi connectivity index (χ1) is 15.2. The van der Waals surface area contributed by atoms with Gasteiger partial charge in [0.25, 0.3) is 0 Å². The third-order valence-electron chi connectivity index (χ3n) is 5.58. The molecule has 32 heavy (non-hydrogen) atoms. The zero-order valence-electron chi connectivity index (χ0n) is 20.4. The number of thiol groups is 2. The Bertz CT molecular complexity index is 595. The molecule has 0 bridgehead atoms. The van der Waals surface area contributed by atoms with E-state index in [1.54, 1.807) is 12.1 Å². The highest BCUT2D eigenvalue weighted by Gasteiger charge is 2.24. The minimum absolute atomic E-state index is 0.0383. The first kappa shape index (κ1) is 31.6. The van der Waals surface area contributed by atoms with Gasteiger partial charge in [-0.25, -0.2) is 0 Å². The summed E-state index contributed by atoms with van der Waals surface area (Å²) in [5, 5.41) is -0.709. The Morgan fingerprint density at radius 2 is 1.00 bits per heavy atom. The first-order valence-electron chi connectivity index (χ1n) is 12.0. The minimum atomic E-state index is -0.354. The zero-order chi connectivity index (χ0) is 24.5. The van der Waals surface area contributed by atoms with Crippen molar-refractivity contribution in [1.82, 2.24) is 0 Å². The van der Waals surface area contributed by atoms with Crippen molar-refractivity contribution in [1.29, 1.82) is 0 Å². The van der Waals surface area contributed by atoms with Crippen LogP contribution < -0.4 is 0 Å². The van der Waals surface area contributed by atoms with E-state index in [4.69, 9.17) is 4.89 Å². The molecule has 0 heterocycles. The van der Waals surface area contributed by atoms with Gasteiger partial charge in [-0.3, -0.25) is 9.59 Å². The average molecular weight is 501 g/mol. The largest absolute Gasteiger partial charge is 0.380 e. The van der Waals surface area contributed by atoms with Crippen LogP contribution in [0.5, 0.6) is 0 Å². The molecule has 1 N–H and O–H groups in total. The van der Waals surface area contributed by atoms with Gasteiger partial charge in [-0.05, 0) is 34.1 Å². The summed E-state index contributed by atoms with van der Waals surface area (Å²) in [5.74, 6) is 1.37. The Morgan fingerprint density at radius 1 is 0.688 bits per heavy atom. The lowest BCUT2D eigenvalue weighted by Gasteiger charge is -2.15. The van der Waals surface area contributed by atoms with E-state index in [-0.39, 0.29) is 22.1 Å². The number of Topliss-reactive ketones (excluding diaryl/α,β-unsaturated/α-hetero) is 2.